The van der Waals surface area contributed by atoms with Gasteiger partial charge in [0, 0.05) is 24.9 Å². The summed E-state index contributed by atoms with van der Waals surface area (Å²) >= 11 is 0. The molecule has 0 aliphatic carbocycles. The topological polar surface area (TPSA) is 35.6 Å². The van der Waals surface area contributed by atoms with Crippen molar-refractivity contribution in [2.45, 2.75) is 26.3 Å². The average molecular weight is 237 g/mol. The van der Waals surface area contributed by atoms with E-state index in [1.54, 1.807) is 0 Å². The van der Waals surface area contributed by atoms with Gasteiger partial charge in [0.05, 0.1) is 12.7 Å². The molecule has 1 heterocycles. The number of allylic oxidation sites excluding steroid dienone is 1. The lowest BCUT2D eigenvalue weighted by molar-refractivity contribution is -0.117. The van der Waals surface area contributed by atoms with Crippen molar-refractivity contribution in [2.24, 2.45) is 0 Å². The van der Waals surface area contributed by atoms with Crippen LogP contribution in [0.25, 0.3) is 0 Å². The van der Waals surface area contributed by atoms with E-state index in [-0.39, 0.29) is 11.9 Å². The van der Waals surface area contributed by atoms with E-state index in [1.807, 2.05) is 13.8 Å². The summed E-state index contributed by atoms with van der Waals surface area (Å²) in [4.78, 5) is 16.1. The number of likely N-dealkylation sites (N-methyl/N-ethyl adjacent to an activating group) is 3. The van der Waals surface area contributed by atoms with Gasteiger partial charge in [-0.15, -0.1) is 0 Å². The third-order valence-electron chi connectivity index (χ3n) is 3.14. The molecule has 1 amide bonds. The van der Waals surface area contributed by atoms with Crippen LogP contribution in [0.5, 0.6) is 0 Å². The highest BCUT2D eigenvalue weighted by atomic mass is 16.1. The van der Waals surface area contributed by atoms with Crippen molar-refractivity contribution in [3.05, 3.63) is 23.9 Å². The summed E-state index contributed by atoms with van der Waals surface area (Å²) in [5.74, 6) is -0.0362. The van der Waals surface area contributed by atoms with E-state index in [0.717, 1.165) is 6.67 Å². The first-order valence-electron chi connectivity index (χ1n) is 6.04. The van der Waals surface area contributed by atoms with Crippen LogP contribution in [0.2, 0.25) is 0 Å². The third kappa shape index (κ3) is 3.09. The number of hydrogen-bond donors (Lipinski definition) is 1. The van der Waals surface area contributed by atoms with Crippen LogP contribution in [0.3, 0.4) is 0 Å². The summed E-state index contributed by atoms with van der Waals surface area (Å²) in [6.07, 6.45) is 2.80. The zero-order chi connectivity index (χ0) is 13.0. The van der Waals surface area contributed by atoms with Crippen LogP contribution in [0.4, 0.5) is 0 Å². The van der Waals surface area contributed by atoms with E-state index in [1.165, 1.54) is 5.70 Å². The summed E-state index contributed by atoms with van der Waals surface area (Å²) in [7, 11) is 4.14. The van der Waals surface area contributed by atoms with E-state index < -0.39 is 0 Å². The molecule has 17 heavy (non-hydrogen) atoms. The minimum absolute atomic E-state index is 0.0362. The lowest BCUT2D eigenvalue weighted by atomic mass is 10.0. The molecule has 96 valence electrons. The van der Waals surface area contributed by atoms with Gasteiger partial charge in [-0.3, -0.25) is 9.69 Å². The highest BCUT2D eigenvalue weighted by Crippen LogP contribution is 2.25. The van der Waals surface area contributed by atoms with Crippen molar-refractivity contribution < 1.29 is 4.79 Å². The second-order valence-corrected chi connectivity index (χ2v) is 4.49. The zero-order valence-electron chi connectivity index (χ0n) is 11.3. The average Bonchev–Trinajstić information content (AvgIpc) is 2.53. The molecule has 0 radical (unpaired) electrons. The first-order valence-corrected chi connectivity index (χ1v) is 6.04. The summed E-state index contributed by atoms with van der Waals surface area (Å²) in [5, 5.41) is 2.79. The Morgan fingerprint density at radius 1 is 1.59 bits per heavy atom. The number of hydrogen-bond acceptors (Lipinski definition) is 3. The SMILES string of the molecule is C=C(CC1/C(=C/C)N(C)CN1C)C(=O)NCC. The lowest BCUT2D eigenvalue weighted by Gasteiger charge is -2.20. The molecular formula is C13H23N3O. The second-order valence-electron chi connectivity index (χ2n) is 4.49. The molecule has 0 aromatic carbocycles. The van der Waals surface area contributed by atoms with Gasteiger partial charge in [0.2, 0.25) is 5.91 Å². The van der Waals surface area contributed by atoms with Crippen molar-refractivity contribution in [3.8, 4) is 0 Å². The van der Waals surface area contributed by atoms with Crippen molar-refractivity contribution in [2.75, 3.05) is 27.3 Å². The molecular weight excluding hydrogens is 214 g/mol. The van der Waals surface area contributed by atoms with E-state index in [9.17, 15) is 4.79 Å². The Hall–Kier alpha value is -1.29. The van der Waals surface area contributed by atoms with Gasteiger partial charge < -0.3 is 10.2 Å². The molecule has 1 aliphatic rings. The maximum atomic E-state index is 11.7. The Morgan fingerprint density at radius 3 is 2.76 bits per heavy atom. The Kier molecular flexibility index (Phi) is 4.75. The first kappa shape index (κ1) is 13.8. The number of nitrogens with zero attached hydrogens (tertiary/aromatic N) is 2. The standard InChI is InChI=1S/C13H23N3O/c1-6-11-12(16(5)9-15(11)4)8-10(3)13(17)14-7-2/h6,12H,3,7-9H2,1-2,4-5H3,(H,14,17)/b11-6-. The molecule has 0 aromatic heterocycles. The van der Waals surface area contributed by atoms with Crippen LogP contribution in [0, 0.1) is 0 Å². The van der Waals surface area contributed by atoms with Crippen LogP contribution >= 0.6 is 0 Å². The Bertz CT molecular complexity index is 336. The number of nitrogens with one attached hydrogen (secondary N) is 1. The Labute approximate surface area is 104 Å². The molecule has 0 saturated carbocycles. The summed E-state index contributed by atoms with van der Waals surface area (Å²) in [6, 6.07) is 0.264. The molecule has 0 bridgehead atoms. The van der Waals surface area contributed by atoms with E-state index in [4.69, 9.17) is 0 Å². The Morgan fingerprint density at radius 2 is 2.24 bits per heavy atom. The maximum Gasteiger partial charge on any atom is 0.246 e. The van der Waals surface area contributed by atoms with Gasteiger partial charge in [0.1, 0.15) is 0 Å². The van der Waals surface area contributed by atoms with Gasteiger partial charge in [-0.1, -0.05) is 12.7 Å². The summed E-state index contributed by atoms with van der Waals surface area (Å²) in [5.41, 5.74) is 1.91. The van der Waals surface area contributed by atoms with Crippen LogP contribution in [0.15, 0.2) is 23.9 Å². The lowest BCUT2D eigenvalue weighted by Crippen LogP contribution is -2.30. The Balaban J connectivity index is 2.67. The van der Waals surface area contributed by atoms with Crippen molar-refractivity contribution >= 4 is 5.91 Å². The summed E-state index contributed by atoms with van der Waals surface area (Å²) in [6.45, 7) is 9.37. The normalized spacial score (nSPS) is 23.2. The molecule has 1 N–H and O–H groups in total. The highest BCUT2D eigenvalue weighted by Gasteiger charge is 2.30. The van der Waals surface area contributed by atoms with Gasteiger partial charge in [0.15, 0.2) is 0 Å². The number of carbonyl (C=O) groups is 1. The van der Waals surface area contributed by atoms with Crippen LogP contribution in [-0.4, -0.2) is 49.1 Å². The number of carbonyl (C=O) groups excluding carboxylic acids is 1. The zero-order valence-corrected chi connectivity index (χ0v) is 11.3. The van der Waals surface area contributed by atoms with Gasteiger partial charge in [-0.25, -0.2) is 0 Å². The van der Waals surface area contributed by atoms with Crippen LogP contribution in [0.1, 0.15) is 20.3 Å². The minimum Gasteiger partial charge on any atom is -0.364 e. The summed E-state index contributed by atoms with van der Waals surface area (Å²) < 4.78 is 0. The van der Waals surface area contributed by atoms with Crippen molar-refractivity contribution in [1.82, 2.24) is 15.1 Å². The molecule has 0 aromatic rings. The van der Waals surface area contributed by atoms with Gasteiger partial charge in [-0.2, -0.15) is 0 Å². The molecule has 0 spiro atoms. The molecule has 1 rings (SSSR count). The molecule has 1 saturated heterocycles. The van der Waals surface area contributed by atoms with Crippen molar-refractivity contribution in [1.29, 1.82) is 0 Å². The largest absolute Gasteiger partial charge is 0.364 e. The quantitative estimate of drug-likeness (QED) is 0.746. The molecule has 1 unspecified atom stereocenters. The third-order valence-corrected chi connectivity index (χ3v) is 3.14. The fraction of sp³-hybridized carbons (Fsp3) is 0.615. The fourth-order valence-electron chi connectivity index (χ4n) is 2.28. The van der Waals surface area contributed by atoms with E-state index in [2.05, 4.69) is 41.9 Å². The van der Waals surface area contributed by atoms with Gasteiger partial charge in [0.25, 0.3) is 0 Å². The van der Waals surface area contributed by atoms with Crippen LogP contribution < -0.4 is 5.32 Å². The number of rotatable bonds is 4. The van der Waals surface area contributed by atoms with Crippen LogP contribution in [-0.2, 0) is 4.79 Å². The fourth-order valence-corrected chi connectivity index (χ4v) is 2.28. The van der Waals surface area contributed by atoms with E-state index >= 15 is 0 Å². The molecule has 4 heteroatoms. The van der Waals surface area contributed by atoms with Gasteiger partial charge in [-0.05, 0) is 27.3 Å². The smallest absolute Gasteiger partial charge is 0.246 e. The van der Waals surface area contributed by atoms with Gasteiger partial charge >= 0.3 is 0 Å². The molecule has 4 nitrogen and oxygen atoms in total. The van der Waals surface area contributed by atoms with Crippen molar-refractivity contribution in [3.63, 3.8) is 0 Å². The first-order chi connectivity index (χ1) is 8.01. The molecule has 1 aliphatic heterocycles. The predicted octanol–water partition coefficient (Wildman–Crippen LogP) is 1.18. The molecule has 1 atom stereocenters. The number of amides is 1. The predicted molar refractivity (Wildman–Crippen MR) is 70.4 cm³/mol. The monoisotopic (exact) mass is 237 g/mol. The maximum absolute atomic E-state index is 11.7. The minimum atomic E-state index is -0.0362. The molecule has 1 fully saturated rings. The van der Waals surface area contributed by atoms with E-state index in [0.29, 0.717) is 18.5 Å². The highest BCUT2D eigenvalue weighted by molar-refractivity contribution is 5.92. The second kappa shape index (κ2) is 5.87.